The van der Waals surface area contributed by atoms with Crippen molar-refractivity contribution in [3.8, 4) is 0 Å². The molecule has 0 amide bonds. The van der Waals surface area contributed by atoms with Gasteiger partial charge in [0.2, 0.25) is 0 Å². The fourth-order valence-corrected chi connectivity index (χ4v) is 1.15. The molecule has 0 rings (SSSR count). The van der Waals surface area contributed by atoms with Crippen LogP contribution in [0, 0.1) is 5.41 Å². The van der Waals surface area contributed by atoms with E-state index >= 15 is 0 Å². The molecule has 0 aromatic carbocycles. The fraction of sp³-hybridized carbons (Fsp3) is 0.917. The molecule has 0 spiro atoms. The Labute approximate surface area is 98.4 Å². The predicted octanol–water partition coefficient (Wildman–Crippen LogP) is 1.89. The van der Waals surface area contributed by atoms with E-state index in [-0.39, 0.29) is 0 Å². The van der Waals surface area contributed by atoms with Gasteiger partial charge in [-0.2, -0.15) is 0 Å². The van der Waals surface area contributed by atoms with Gasteiger partial charge in [-0.3, -0.25) is 4.79 Å². The van der Waals surface area contributed by atoms with E-state index in [1.807, 2.05) is 13.8 Å². The van der Waals surface area contributed by atoms with Crippen molar-refractivity contribution in [1.29, 1.82) is 0 Å². The van der Waals surface area contributed by atoms with Gasteiger partial charge in [0.15, 0.2) is 0 Å². The smallest absolute Gasteiger partial charge is 0.310 e. The van der Waals surface area contributed by atoms with Crippen LogP contribution in [0.5, 0.6) is 0 Å². The second-order valence-corrected chi connectivity index (χ2v) is 4.99. The molecule has 0 saturated carbocycles. The Hall–Kier alpha value is -0.610. The Bertz CT molecular complexity index is 202. The second kappa shape index (κ2) is 7.63. The monoisotopic (exact) mass is 231 g/mol. The van der Waals surface area contributed by atoms with Crippen LogP contribution in [0.1, 0.15) is 40.5 Å². The van der Waals surface area contributed by atoms with E-state index in [1.54, 1.807) is 13.8 Å². The summed E-state index contributed by atoms with van der Waals surface area (Å²) in [4.78, 5) is 10.8. The van der Waals surface area contributed by atoms with Crippen LogP contribution in [0.4, 0.5) is 0 Å². The number of ether oxygens (including phenoxy) is 1. The maximum atomic E-state index is 10.8. The van der Waals surface area contributed by atoms with Crippen LogP contribution in [0.3, 0.4) is 0 Å². The Kier molecular flexibility index (Phi) is 7.34. The van der Waals surface area contributed by atoms with E-state index in [0.717, 1.165) is 26.0 Å². The number of rotatable bonds is 9. The van der Waals surface area contributed by atoms with Crippen molar-refractivity contribution in [3.63, 3.8) is 0 Å². The molecule has 0 aliphatic carbocycles. The van der Waals surface area contributed by atoms with Gasteiger partial charge in [0.1, 0.15) is 0 Å². The molecule has 0 aliphatic heterocycles. The fourth-order valence-electron chi connectivity index (χ4n) is 1.15. The summed E-state index contributed by atoms with van der Waals surface area (Å²) in [6.07, 6.45) is 2.32. The minimum atomic E-state index is -0.761. The molecule has 0 aromatic heterocycles. The van der Waals surface area contributed by atoms with Gasteiger partial charge in [-0.1, -0.05) is 0 Å². The van der Waals surface area contributed by atoms with Gasteiger partial charge in [0, 0.05) is 13.2 Å². The molecule has 96 valence electrons. The van der Waals surface area contributed by atoms with E-state index < -0.39 is 11.4 Å². The maximum absolute atomic E-state index is 10.8. The highest BCUT2D eigenvalue weighted by molar-refractivity contribution is 5.73. The summed E-state index contributed by atoms with van der Waals surface area (Å²) in [6, 6.07) is 0. The highest BCUT2D eigenvalue weighted by atomic mass is 16.5. The lowest BCUT2D eigenvalue weighted by atomic mass is 9.94. The van der Waals surface area contributed by atoms with Crippen LogP contribution in [-0.4, -0.2) is 36.9 Å². The standard InChI is InChI=1S/C12H25NO3/c1-10(2)16-8-6-5-7-13-9-12(3,4)11(14)15/h10,13H,5-9H2,1-4H3,(H,14,15). The minimum Gasteiger partial charge on any atom is -0.481 e. The molecule has 0 unspecified atom stereocenters. The van der Waals surface area contributed by atoms with Crippen LogP contribution in [0.2, 0.25) is 0 Å². The predicted molar refractivity (Wildman–Crippen MR) is 64.6 cm³/mol. The minimum absolute atomic E-state index is 0.291. The summed E-state index contributed by atoms with van der Waals surface area (Å²) >= 11 is 0. The summed E-state index contributed by atoms with van der Waals surface area (Å²) in [5, 5.41) is 12.0. The largest absolute Gasteiger partial charge is 0.481 e. The first-order valence-corrected chi connectivity index (χ1v) is 5.92. The number of carboxylic acid groups (broad SMARTS) is 1. The maximum Gasteiger partial charge on any atom is 0.310 e. The lowest BCUT2D eigenvalue weighted by Gasteiger charge is -2.19. The van der Waals surface area contributed by atoms with Gasteiger partial charge >= 0.3 is 5.97 Å². The Morgan fingerprint density at radius 3 is 2.50 bits per heavy atom. The van der Waals surface area contributed by atoms with E-state index in [1.165, 1.54) is 0 Å². The third-order valence-corrected chi connectivity index (χ3v) is 2.34. The van der Waals surface area contributed by atoms with Gasteiger partial charge in [0.25, 0.3) is 0 Å². The zero-order valence-corrected chi connectivity index (χ0v) is 10.9. The Morgan fingerprint density at radius 1 is 1.38 bits per heavy atom. The highest BCUT2D eigenvalue weighted by Gasteiger charge is 2.25. The molecule has 2 N–H and O–H groups in total. The van der Waals surface area contributed by atoms with Crippen molar-refractivity contribution in [1.82, 2.24) is 5.32 Å². The number of unbranched alkanes of at least 4 members (excludes halogenated alkanes) is 1. The Balaban J connectivity index is 3.37. The van der Waals surface area contributed by atoms with E-state index in [2.05, 4.69) is 5.32 Å². The third kappa shape index (κ3) is 7.65. The number of carbonyl (C=O) groups is 1. The lowest BCUT2D eigenvalue weighted by molar-refractivity contribution is -0.146. The molecular weight excluding hydrogens is 206 g/mol. The van der Waals surface area contributed by atoms with Crippen LogP contribution in [-0.2, 0) is 9.53 Å². The van der Waals surface area contributed by atoms with Gasteiger partial charge < -0.3 is 15.2 Å². The van der Waals surface area contributed by atoms with Gasteiger partial charge in [-0.25, -0.2) is 0 Å². The number of hydrogen-bond acceptors (Lipinski definition) is 3. The summed E-state index contributed by atoms with van der Waals surface area (Å²) in [5.41, 5.74) is -0.686. The quantitative estimate of drug-likeness (QED) is 0.595. The van der Waals surface area contributed by atoms with Crippen LogP contribution < -0.4 is 5.32 Å². The Morgan fingerprint density at radius 2 is 2.00 bits per heavy atom. The van der Waals surface area contributed by atoms with Crippen molar-refractivity contribution in [2.45, 2.75) is 46.6 Å². The number of nitrogens with one attached hydrogen (secondary N) is 1. The summed E-state index contributed by atoms with van der Waals surface area (Å²) in [5.74, 6) is -0.761. The summed E-state index contributed by atoms with van der Waals surface area (Å²) in [7, 11) is 0. The van der Waals surface area contributed by atoms with Crippen molar-refractivity contribution in [2.24, 2.45) is 5.41 Å². The highest BCUT2D eigenvalue weighted by Crippen LogP contribution is 2.12. The average Bonchev–Trinajstić information content (AvgIpc) is 2.15. The van der Waals surface area contributed by atoms with E-state index in [9.17, 15) is 4.79 Å². The summed E-state index contributed by atoms with van der Waals surface area (Å²) in [6.45, 7) is 9.63. The lowest BCUT2D eigenvalue weighted by Crippen LogP contribution is -2.36. The third-order valence-electron chi connectivity index (χ3n) is 2.34. The van der Waals surface area contributed by atoms with Crippen molar-refractivity contribution < 1.29 is 14.6 Å². The first-order chi connectivity index (χ1) is 7.36. The first kappa shape index (κ1) is 15.4. The van der Waals surface area contributed by atoms with Crippen LogP contribution >= 0.6 is 0 Å². The number of carboxylic acids is 1. The molecule has 0 aromatic rings. The molecule has 0 saturated heterocycles. The molecule has 0 atom stereocenters. The molecule has 0 heterocycles. The zero-order chi connectivity index (χ0) is 12.6. The SMILES string of the molecule is CC(C)OCCCCNCC(C)(C)C(=O)O. The van der Waals surface area contributed by atoms with Gasteiger partial charge in [-0.05, 0) is 47.1 Å². The van der Waals surface area contributed by atoms with Crippen molar-refractivity contribution in [2.75, 3.05) is 19.7 Å². The molecule has 16 heavy (non-hydrogen) atoms. The van der Waals surface area contributed by atoms with Crippen LogP contribution in [0.15, 0.2) is 0 Å². The average molecular weight is 231 g/mol. The van der Waals surface area contributed by atoms with E-state index in [0.29, 0.717) is 12.6 Å². The molecule has 4 heteroatoms. The molecule has 0 radical (unpaired) electrons. The summed E-state index contributed by atoms with van der Waals surface area (Å²) < 4.78 is 5.41. The molecule has 0 fully saturated rings. The van der Waals surface area contributed by atoms with Crippen molar-refractivity contribution >= 4 is 5.97 Å². The van der Waals surface area contributed by atoms with Gasteiger partial charge in [-0.15, -0.1) is 0 Å². The number of hydrogen-bond donors (Lipinski definition) is 2. The second-order valence-electron chi connectivity index (χ2n) is 4.99. The molecular formula is C12H25NO3. The molecule has 4 nitrogen and oxygen atoms in total. The van der Waals surface area contributed by atoms with Gasteiger partial charge in [0.05, 0.1) is 11.5 Å². The zero-order valence-electron chi connectivity index (χ0n) is 10.9. The normalized spacial score (nSPS) is 12.1. The molecule has 0 bridgehead atoms. The first-order valence-electron chi connectivity index (χ1n) is 5.92. The number of aliphatic carboxylic acids is 1. The van der Waals surface area contributed by atoms with E-state index in [4.69, 9.17) is 9.84 Å². The topological polar surface area (TPSA) is 58.6 Å². The molecule has 0 aliphatic rings. The van der Waals surface area contributed by atoms with Crippen LogP contribution in [0.25, 0.3) is 0 Å². The van der Waals surface area contributed by atoms with Crippen molar-refractivity contribution in [3.05, 3.63) is 0 Å².